The molecule has 8 unspecified atom stereocenters. The average molecular weight is 741 g/mol. The normalized spacial score (nSPS) is 27.8. The lowest BCUT2D eigenvalue weighted by Crippen LogP contribution is -2.71. The smallest absolute Gasteiger partial charge is 0.327 e. The molecule has 3 aliphatic heterocycles. The van der Waals surface area contributed by atoms with Crippen LogP contribution in [0, 0.1) is 5.41 Å². The van der Waals surface area contributed by atoms with Crippen LogP contribution in [0.5, 0.6) is 0 Å². The molecule has 14 nitrogen and oxygen atoms in total. The summed E-state index contributed by atoms with van der Waals surface area (Å²) < 4.78 is 20.0. The van der Waals surface area contributed by atoms with Gasteiger partial charge in [0.15, 0.2) is 6.04 Å². The molecular formula is C40H44N4O10. The second kappa shape index (κ2) is 15.1. The van der Waals surface area contributed by atoms with Gasteiger partial charge in [-0.1, -0.05) is 84.9 Å². The van der Waals surface area contributed by atoms with Gasteiger partial charge in [-0.2, -0.15) is 5.06 Å². The molecule has 3 saturated heterocycles. The van der Waals surface area contributed by atoms with Gasteiger partial charge in [-0.15, -0.1) is 0 Å². The Bertz CT molecular complexity index is 1870. The molecule has 4 N–H and O–H groups in total. The summed E-state index contributed by atoms with van der Waals surface area (Å²) in [7, 11) is 3.32. The monoisotopic (exact) mass is 740 g/mol. The third-order valence-corrected chi connectivity index (χ3v) is 10.5. The third kappa shape index (κ3) is 6.59. The number of amides is 3. The van der Waals surface area contributed by atoms with E-state index in [1.165, 1.54) is 23.0 Å². The molecule has 7 rings (SSSR count). The Labute approximate surface area is 312 Å². The number of carbonyl (C=O) groups excluding carboxylic acids is 4. The molecule has 4 aliphatic rings. The first-order valence-electron chi connectivity index (χ1n) is 17.9. The molecule has 0 aromatic heterocycles. The van der Waals surface area contributed by atoms with Crippen LogP contribution in [0.2, 0.25) is 0 Å². The molecular weight excluding hydrogens is 696 g/mol. The van der Waals surface area contributed by atoms with Gasteiger partial charge in [0.05, 0.1) is 19.3 Å². The van der Waals surface area contributed by atoms with E-state index in [9.17, 15) is 29.4 Å². The molecule has 2 bridgehead atoms. The number of carbonyl (C=O) groups is 4. The number of fused-ring (bicyclic) bond motifs is 4. The van der Waals surface area contributed by atoms with Crippen molar-refractivity contribution in [1.82, 2.24) is 20.6 Å². The molecule has 8 atom stereocenters. The van der Waals surface area contributed by atoms with E-state index in [4.69, 9.17) is 19.0 Å². The van der Waals surface area contributed by atoms with Gasteiger partial charge < -0.3 is 40.0 Å². The van der Waals surface area contributed by atoms with Gasteiger partial charge in [-0.3, -0.25) is 24.0 Å². The van der Waals surface area contributed by atoms with Gasteiger partial charge in [0.2, 0.25) is 23.5 Å². The number of ether oxygens (including phenoxy) is 3. The van der Waals surface area contributed by atoms with Crippen molar-refractivity contribution in [2.24, 2.45) is 5.41 Å². The van der Waals surface area contributed by atoms with Gasteiger partial charge in [-0.05, 0) is 24.1 Å². The van der Waals surface area contributed by atoms with E-state index in [-0.39, 0.29) is 32.0 Å². The van der Waals surface area contributed by atoms with Crippen molar-refractivity contribution in [2.75, 3.05) is 27.2 Å². The van der Waals surface area contributed by atoms with Crippen LogP contribution in [-0.2, 0) is 50.6 Å². The summed E-state index contributed by atoms with van der Waals surface area (Å²) in [4.78, 5) is 62.6. The minimum Gasteiger partial charge on any atom is -0.458 e. The fraction of sp³-hybridized carbons (Fsp3) is 0.400. The van der Waals surface area contributed by atoms with Crippen molar-refractivity contribution in [3.8, 4) is 0 Å². The Hall–Kier alpha value is -4.96. The zero-order chi connectivity index (χ0) is 38.2. The predicted octanol–water partition coefficient (Wildman–Crippen LogP) is 1.25. The van der Waals surface area contributed by atoms with E-state index < -0.39 is 71.6 Å². The maximum atomic E-state index is 14.9. The number of hydroxylamine groups is 2. The molecule has 3 aromatic rings. The summed E-state index contributed by atoms with van der Waals surface area (Å²) in [5.74, 6) is -3.76. The highest BCUT2D eigenvalue weighted by atomic mass is 16.8. The van der Waals surface area contributed by atoms with Crippen LogP contribution in [0.25, 0.3) is 6.08 Å². The summed E-state index contributed by atoms with van der Waals surface area (Å²) in [5, 5.41) is 26.6. The molecule has 1 aliphatic carbocycles. The molecule has 0 spiro atoms. The molecule has 14 heteroatoms. The second-order valence-corrected chi connectivity index (χ2v) is 14.3. The fourth-order valence-corrected chi connectivity index (χ4v) is 7.95. The van der Waals surface area contributed by atoms with Crippen LogP contribution in [0.15, 0.2) is 91.0 Å². The van der Waals surface area contributed by atoms with Crippen LogP contribution in [-0.4, -0.2) is 114 Å². The number of benzene rings is 3. The van der Waals surface area contributed by atoms with Crippen LogP contribution in [0.1, 0.15) is 35.6 Å². The van der Waals surface area contributed by atoms with Gasteiger partial charge in [0, 0.05) is 44.3 Å². The molecule has 3 aromatic carbocycles. The summed E-state index contributed by atoms with van der Waals surface area (Å²) in [6, 6.07) is 23.3. The Morgan fingerprint density at radius 1 is 0.981 bits per heavy atom. The summed E-state index contributed by atoms with van der Waals surface area (Å²) >= 11 is 0. The van der Waals surface area contributed by atoms with Crippen molar-refractivity contribution in [2.45, 2.75) is 68.3 Å². The largest absolute Gasteiger partial charge is 0.458 e. The van der Waals surface area contributed by atoms with E-state index >= 15 is 0 Å². The summed E-state index contributed by atoms with van der Waals surface area (Å²) in [5.41, 5.74) is 1.16. The molecule has 54 heavy (non-hydrogen) atoms. The van der Waals surface area contributed by atoms with Gasteiger partial charge in [0.1, 0.15) is 35.9 Å². The van der Waals surface area contributed by atoms with Crippen molar-refractivity contribution in [3.63, 3.8) is 0 Å². The number of aliphatic hydroxyl groups excluding tert-OH is 2. The third-order valence-electron chi connectivity index (χ3n) is 10.5. The van der Waals surface area contributed by atoms with E-state index in [0.29, 0.717) is 16.7 Å². The first-order chi connectivity index (χ1) is 26.0. The molecule has 0 radical (unpaired) electrons. The number of nitrogens with zero attached hydrogens (tertiary/aromatic N) is 2. The van der Waals surface area contributed by atoms with Crippen LogP contribution < -0.4 is 10.6 Å². The lowest BCUT2D eigenvalue weighted by Gasteiger charge is -2.49. The standard InChI is InChI=1S/C40H44N4O10/c1-24(46)31(36(48)41-19-20-45)42-38(50)39-22-29-32-33(53-40(52-32,27-13-6-4-7-14-27)28-15-8-5-9-16-28)35(39)54-44(34(39)37(49)51-29)23-26-12-10-11-25(21-26)17-18-30(47)43(2)3/h4-18,21,24,29,31-35,45-46H,19-20,22-23H2,1-3H3,(H,41,48)(H,42,50). The number of likely N-dealkylation sites (N-methyl/N-ethyl adjacent to an activating group) is 1. The highest BCUT2D eigenvalue weighted by Crippen LogP contribution is 2.59. The van der Waals surface area contributed by atoms with E-state index in [2.05, 4.69) is 10.6 Å². The molecule has 284 valence electrons. The maximum absolute atomic E-state index is 14.9. The van der Waals surface area contributed by atoms with Gasteiger partial charge in [0.25, 0.3) is 0 Å². The SMILES string of the molecule is CC(O)C(NC(=O)C12CC3OC(=O)C1N(Cc1cccc(C=CC(=O)N(C)C)c1)OC2C1OC(c2ccccc2)(c2ccccc2)OC31)C(=O)NCCO. The number of nitrogens with one attached hydrogen (secondary N) is 2. The zero-order valence-electron chi connectivity index (χ0n) is 30.2. The summed E-state index contributed by atoms with van der Waals surface area (Å²) in [6.45, 7) is 0.970. The van der Waals surface area contributed by atoms with Crippen molar-refractivity contribution >= 4 is 29.8 Å². The number of esters is 1. The Morgan fingerprint density at radius 3 is 2.28 bits per heavy atom. The zero-order valence-corrected chi connectivity index (χ0v) is 30.2. The van der Waals surface area contributed by atoms with Crippen molar-refractivity contribution in [1.29, 1.82) is 0 Å². The van der Waals surface area contributed by atoms with Crippen molar-refractivity contribution in [3.05, 3.63) is 113 Å². The predicted molar refractivity (Wildman–Crippen MR) is 192 cm³/mol. The highest BCUT2D eigenvalue weighted by molar-refractivity contribution is 5.96. The Balaban J connectivity index is 1.30. The van der Waals surface area contributed by atoms with Crippen LogP contribution in [0.4, 0.5) is 0 Å². The average Bonchev–Trinajstić information content (AvgIpc) is 3.75. The Morgan fingerprint density at radius 2 is 1.65 bits per heavy atom. The number of hydrogen-bond acceptors (Lipinski definition) is 11. The number of hydrogen-bond donors (Lipinski definition) is 4. The summed E-state index contributed by atoms with van der Waals surface area (Å²) in [6.07, 6.45) is -2.07. The molecule has 3 amide bonds. The fourth-order valence-electron chi connectivity index (χ4n) is 7.95. The quantitative estimate of drug-likeness (QED) is 0.155. The first-order valence-corrected chi connectivity index (χ1v) is 17.9. The second-order valence-electron chi connectivity index (χ2n) is 14.3. The molecule has 4 fully saturated rings. The minimum atomic E-state index is -1.66. The Kier molecular flexibility index (Phi) is 10.4. The number of rotatable bonds is 12. The highest BCUT2D eigenvalue weighted by Gasteiger charge is 2.76. The van der Waals surface area contributed by atoms with E-state index in [1.54, 1.807) is 20.2 Å². The molecule has 3 heterocycles. The molecule has 1 saturated carbocycles. The number of aliphatic hydroxyl groups is 2. The van der Waals surface area contributed by atoms with E-state index in [1.807, 2.05) is 84.9 Å². The minimum absolute atomic E-state index is 0.0270. The van der Waals surface area contributed by atoms with Gasteiger partial charge >= 0.3 is 5.97 Å². The van der Waals surface area contributed by atoms with Gasteiger partial charge in [-0.25, -0.2) is 0 Å². The van der Waals surface area contributed by atoms with E-state index in [0.717, 1.165) is 5.56 Å². The maximum Gasteiger partial charge on any atom is 0.327 e. The lowest BCUT2D eigenvalue weighted by atomic mass is 9.62. The van der Waals surface area contributed by atoms with Crippen LogP contribution >= 0.6 is 0 Å². The topological polar surface area (TPSA) is 176 Å². The van der Waals surface area contributed by atoms with Crippen LogP contribution in [0.3, 0.4) is 0 Å². The first kappa shape index (κ1) is 37.4. The lowest BCUT2D eigenvalue weighted by molar-refractivity contribution is -0.213. The van der Waals surface area contributed by atoms with Crippen molar-refractivity contribution < 1.29 is 48.4 Å².